The van der Waals surface area contributed by atoms with Crippen molar-refractivity contribution >= 4 is 17.5 Å². The number of pyridine rings is 1. The minimum absolute atomic E-state index is 0.0687. The maximum Gasteiger partial charge on any atom is 0.250 e. The average Bonchev–Trinajstić information content (AvgIpc) is 1.94. The maximum atomic E-state index is 10.6. The molecule has 0 aromatic carbocycles. The van der Waals surface area contributed by atoms with E-state index in [1.54, 1.807) is 0 Å². The van der Waals surface area contributed by atoms with Gasteiger partial charge in [0.25, 0.3) is 0 Å². The summed E-state index contributed by atoms with van der Waals surface area (Å²) < 4.78 is 0. The third-order valence-electron chi connectivity index (χ3n) is 1.11. The fourth-order valence-corrected chi connectivity index (χ4v) is 0.813. The Labute approximate surface area is 67.6 Å². The Balaban J connectivity index is 3.23. The van der Waals surface area contributed by atoms with Crippen LogP contribution in [0.5, 0.6) is 5.88 Å². The standard InChI is InChI=1S/C6H5ClN2O2/c7-4-2-9-5(10)1-3(4)6(8)11/h1-2H,(H2,8,11)(H,9,10). The van der Waals surface area contributed by atoms with E-state index in [9.17, 15) is 4.79 Å². The molecule has 0 bridgehead atoms. The monoisotopic (exact) mass is 172 g/mol. The quantitative estimate of drug-likeness (QED) is 0.649. The van der Waals surface area contributed by atoms with Crippen LogP contribution in [0, 0.1) is 0 Å². The maximum absolute atomic E-state index is 10.6. The molecular formula is C6H5ClN2O2. The van der Waals surface area contributed by atoms with Crippen LogP contribution in [0.15, 0.2) is 12.3 Å². The van der Waals surface area contributed by atoms with Crippen molar-refractivity contribution in [3.8, 4) is 5.88 Å². The van der Waals surface area contributed by atoms with Gasteiger partial charge < -0.3 is 10.8 Å². The van der Waals surface area contributed by atoms with Crippen molar-refractivity contribution in [2.75, 3.05) is 0 Å². The lowest BCUT2D eigenvalue weighted by Crippen LogP contribution is -2.11. The molecule has 1 amide bonds. The highest BCUT2D eigenvalue weighted by molar-refractivity contribution is 6.33. The van der Waals surface area contributed by atoms with Crippen molar-refractivity contribution in [3.63, 3.8) is 0 Å². The van der Waals surface area contributed by atoms with Crippen LogP contribution in [-0.2, 0) is 0 Å². The third kappa shape index (κ3) is 1.59. The first-order chi connectivity index (χ1) is 5.11. The lowest BCUT2D eigenvalue weighted by atomic mass is 10.2. The van der Waals surface area contributed by atoms with E-state index in [-0.39, 0.29) is 16.5 Å². The van der Waals surface area contributed by atoms with E-state index in [2.05, 4.69) is 4.98 Å². The topological polar surface area (TPSA) is 76.2 Å². The summed E-state index contributed by atoms with van der Waals surface area (Å²) in [4.78, 5) is 14.0. The molecule has 0 saturated heterocycles. The second-order valence-corrected chi connectivity index (χ2v) is 2.29. The summed E-state index contributed by atoms with van der Waals surface area (Å²) in [5.41, 5.74) is 4.99. The van der Waals surface area contributed by atoms with Gasteiger partial charge in [0.2, 0.25) is 11.8 Å². The van der Waals surface area contributed by atoms with Crippen LogP contribution in [0.1, 0.15) is 10.4 Å². The Bertz CT molecular complexity index is 301. The second kappa shape index (κ2) is 2.75. The van der Waals surface area contributed by atoms with E-state index < -0.39 is 5.91 Å². The van der Waals surface area contributed by atoms with Crippen LogP contribution in [-0.4, -0.2) is 16.0 Å². The molecule has 0 saturated carbocycles. The number of carbonyl (C=O) groups excluding carboxylic acids is 1. The van der Waals surface area contributed by atoms with Gasteiger partial charge in [0.05, 0.1) is 16.8 Å². The van der Waals surface area contributed by atoms with Crippen molar-refractivity contribution in [1.82, 2.24) is 4.98 Å². The molecule has 0 spiro atoms. The molecule has 0 aliphatic rings. The normalized spacial score (nSPS) is 9.55. The number of primary amides is 1. The zero-order chi connectivity index (χ0) is 8.43. The Kier molecular flexibility index (Phi) is 1.96. The summed E-state index contributed by atoms with van der Waals surface area (Å²) in [7, 11) is 0. The predicted octanol–water partition coefficient (Wildman–Crippen LogP) is 0.540. The Morgan fingerprint density at radius 1 is 1.73 bits per heavy atom. The summed E-state index contributed by atoms with van der Waals surface area (Å²) in [6.07, 6.45) is 1.16. The molecule has 1 aromatic rings. The van der Waals surface area contributed by atoms with E-state index in [0.717, 1.165) is 12.3 Å². The van der Waals surface area contributed by atoms with E-state index in [4.69, 9.17) is 22.4 Å². The molecule has 0 aliphatic heterocycles. The summed E-state index contributed by atoms with van der Waals surface area (Å²) in [6, 6.07) is 1.12. The lowest BCUT2D eigenvalue weighted by molar-refractivity contribution is 0.1000. The van der Waals surface area contributed by atoms with Gasteiger partial charge in [-0.3, -0.25) is 4.79 Å². The molecule has 4 nitrogen and oxygen atoms in total. The van der Waals surface area contributed by atoms with Crippen LogP contribution in [0.4, 0.5) is 0 Å². The van der Waals surface area contributed by atoms with E-state index in [1.165, 1.54) is 0 Å². The van der Waals surface area contributed by atoms with Crippen molar-refractivity contribution in [1.29, 1.82) is 0 Å². The molecule has 3 N–H and O–H groups in total. The van der Waals surface area contributed by atoms with Crippen LogP contribution >= 0.6 is 11.6 Å². The van der Waals surface area contributed by atoms with Gasteiger partial charge in [-0.05, 0) is 0 Å². The first-order valence-corrected chi connectivity index (χ1v) is 3.13. The first kappa shape index (κ1) is 7.81. The molecule has 1 aromatic heterocycles. The van der Waals surface area contributed by atoms with Gasteiger partial charge in [-0.15, -0.1) is 0 Å². The summed E-state index contributed by atoms with van der Waals surface area (Å²) >= 11 is 5.52. The average molecular weight is 173 g/mol. The molecule has 11 heavy (non-hydrogen) atoms. The van der Waals surface area contributed by atoms with Gasteiger partial charge in [-0.25, -0.2) is 4.98 Å². The second-order valence-electron chi connectivity index (χ2n) is 1.89. The first-order valence-electron chi connectivity index (χ1n) is 2.75. The number of nitrogens with two attached hydrogens (primary N) is 1. The zero-order valence-corrected chi connectivity index (χ0v) is 6.17. The van der Waals surface area contributed by atoms with Gasteiger partial charge in [0.1, 0.15) is 0 Å². The molecule has 0 unspecified atom stereocenters. The molecule has 0 atom stereocenters. The molecule has 5 heteroatoms. The zero-order valence-electron chi connectivity index (χ0n) is 5.41. The van der Waals surface area contributed by atoms with Gasteiger partial charge in [-0.1, -0.05) is 11.6 Å². The molecule has 0 fully saturated rings. The number of halogens is 1. The number of nitrogens with zero attached hydrogens (tertiary/aromatic N) is 1. The Morgan fingerprint density at radius 2 is 2.36 bits per heavy atom. The number of aromatic nitrogens is 1. The molecule has 0 radical (unpaired) electrons. The predicted molar refractivity (Wildman–Crippen MR) is 39.4 cm³/mol. The SMILES string of the molecule is NC(=O)c1cc(O)ncc1Cl. The smallest absolute Gasteiger partial charge is 0.250 e. The van der Waals surface area contributed by atoms with E-state index in [1.807, 2.05) is 0 Å². The van der Waals surface area contributed by atoms with Gasteiger partial charge >= 0.3 is 0 Å². The fourth-order valence-electron chi connectivity index (χ4n) is 0.616. The number of hydrogen-bond donors (Lipinski definition) is 2. The van der Waals surface area contributed by atoms with Crippen molar-refractivity contribution in [2.45, 2.75) is 0 Å². The van der Waals surface area contributed by atoms with Crippen LogP contribution < -0.4 is 5.73 Å². The minimum atomic E-state index is -0.687. The summed E-state index contributed by atoms with van der Waals surface area (Å²) in [5, 5.41) is 8.94. The largest absolute Gasteiger partial charge is 0.493 e. The highest BCUT2D eigenvalue weighted by Gasteiger charge is 2.07. The lowest BCUT2D eigenvalue weighted by Gasteiger charge is -1.97. The Morgan fingerprint density at radius 3 is 2.82 bits per heavy atom. The molecular weight excluding hydrogens is 168 g/mol. The molecule has 58 valence electrons. The van der Waals surface area contributed by atoms with Crippen LogP contribution in [0.2, 0.25) is 5.02 Å². The molecule has 1 rings (SSSR count). The molecule has 1 heterocycles. The summed E-state index contributed by atoms with van der Waals surface area (Å²) in [6.45, 7) is 0. The van der Waals surface area contributed by atoms with Gasteiger partial charge in [0, 0.05) is 6.07 Å². The molecule has 0 aliphatic carbocycles. The van der Waals surface area contributed by atoms with Crippen molar-refractivity contribution < 1.29 is 9.90 Å². The highest BCUT2D eigenvalue weighted by Crippen LogP contribution is 2.17. The number of carbonyl (C=O) groups is 1. The van der Waals surface area contributed by atoms with E-state index >= 15 is 0 Å². The minimum Gasteiger partial charge on any atom is -0.493 e. The van der Waals surface area contributed by atoms with Crippen LogP contribution in [0.3, 0.4) is 0 Å². The van der Waals surface area contributed by atoms with Gasteiger partial charge in [0.15, 0.2) is 0 Å². The highest BCUT2D eigenvalue weighted by atomic mass is 35.5. The number of hydrogen-bond acceptors (Lipinski definition) is 3. The Hall–Kier alpha value is -1.29. The fraction of sp³-hybridized carbons (Fsp3) is 0. The third-order valence-corrected chi connectivity index (χ3v) is 1.41. The van der Waals surface area contributed by atoms with Gasteiger partial charge in [-0.2, -0.15) is 0 Å². The van der Waals surface area contributed by atoms with Crippen LogP contribution in [0.25, 0.3) is 0 Å². The van der Waals surface area contributed by atoms with E-state index in [0.29, 0.717) is 0 Å². The number of amides is 1. The number of rotatable bonds is 1. The number of aromatic hydroxyl groups is 1. The van der Waals surface area contributed by atoms with Crippen molar-refractivity contribution in [3.05, 3.63) is 22.8 Å². The summed E-state index contributed by atoms with van der Waals surface area (Å²) in [5.74, 6) is -0.962. The van der Waals surface area contributed by atoms with Crippen molar-refractivity contribution in [2.24, 2.45) is 5.73 Å².